The molecule has 0 saturated carbocycles. The summed E-state index contributed by atoms with van der Waals surface area (Å²) in [7, 11) is 0. The van der Waals surface area contributed by atoms with Crippen molar-refractivity contribution in [2.45, 2.75) is 13.3 Å². The first-order valence-corrected chi connectivity index (χ1v) is 7.51. The molecule has 0 unspecified atom stereocenters. The van der Waals surface area contributed by atoms with E-state index in [2.05, 4.69) is 5.32 Å². The second-order valence-electron chi connectivity index (χ2n) is 5.27. The number of benzene rings is 2. The molecule has 0 spiro atoms. The van der Waals surface area contributed by atoms with Gasteiger partial charge in [0.25, 0.3) is 0 Å². The van der Waals surface area contributed by atoms with Gasteiger partial charge in [0.05, 0.1) is 0 Å². The SMILES string of the molecule is CC(=O)N(CC(=O)NCCc1ccccc1F)c1ccc(F)cc1. The van der Waals surface area contributed by atoms with Crippen LogP contribution in [-0.4, -0.2) is 24.9 Å². The highest BCUT2D eigenvalue weighted by Crippen LogP contribution is 2.14. The molecule has 0 saturated heterocycles. The largest absolute Gasteiger partial charge is 0.354 e. The summed E-state index contributed by atoms with van der Waals surface area (Å²) in [6.07, 6.45) is 0.356. The van der Waals surface area contributed by atoms with Gasteiger partial charge in [-0.15, -0.1) is 0 Å². The Labute approximate surface area is 139 Å². The van der Waals surface area contributed by atoms with Crippen LogP contribution >= 0.6 is 0 Å². The highest BCUT2D eigenvalue weighted by Gasteiger charge is 2.15. The Hall–Kier alpha value is -2.76. The van der Waals surface area contributed by atoms with E-state index in [1.165, 1.54) is 42.2 Å². The molecule has 2 aromatic carbocycles. The van der Waals surface area contributed by atoms with Gasteiger partial charge >= 0.3 is 0 Å². The van der Waals surface area contributed by atoms with Crippen molar-refractivity contribution >= 4 is 17.5 Å². The number of carbonyl (C=O) groups is 2. The highest BCUT2D eigenvalue weighted by atomic mass is 19.1. The van der Waals surface area contributed by atoms with Crippen molar-refractivity contribution in [2.24, 2.45) is 0 Å². The van der Waals surface area contributed by atoms with Gasteiger partial charge in [-0.2, -0.15) is 0 Å². The van der Waals surface area contributed by atoms with Crippen molar-refractivity contribution < 1.29 is 18.4 Å². The fourth-order valence-electron chi connectivity index (χ4n) is 2.24. The molecule has 2 amide bonds. The van der Waals surface area contributed by atoms with E-state index < -0.39 is 5.82 Å². The summed E-state index contributed by atoms with van der Waals surface area (Å²) in [4.78, 5) is 25.0. The molecule has 24 heavy (non-hydrogen) atoms. The molecule has 6 heteroatoms. The van der Waals surface area contributed by atoms with E-state index in [0.29, 0.717) is 17.7 Å². The van der Waals surface area contributed by atoms with Crippen LogP contribution in [0.1, 0.15) is 12.5 Å². The predicted molar refractivity (Wildman–Crippen MR) is 87.5 cm³/mol. The van der Waals surface area contributed by atoms with Crippen molar-refractivity contribution in [2.75, 3.05) is 18.0 Å². The van der Waals surface area contributed by atoms with Crippen LogP contribution in [0.3, 0.4) is 0 Å². The molecule has 1 N–H and O–H groups in total. The van der Waals surface area contributed by atoms with Gasteiger partial charge in [0.2, 0.25) is 11.8 Å². The summed E-state index contributed by atoms with van der Waals surface area (Å²) in [5, 5.41) is 2.65. The molecule has 0 atom stereocenters. The second kappa shape index (κ2) is 8.19. The summed E-state index contributed by atoms with van der Waals surface area (Å²) in [6, 6.07) is 11.7. The van der Waals surface area contributed by atoms with Crippen molar-refractivity contribution in [1.82, 2.24) is 5.32 Å². The standard InChI is InChI=1S/C18H18F2N2O2/c1-13(23)22(16-8-6-15(19)7-9-16)12-18(24)21-11-10-14-4-2-3-5-17(14)20/h2-9H,10-12H2,1H3,(H,21,24). The second-order valence-corrected chi connectivity index (χ2v) is 5.27. The van der Waals surface area contributed by atoms with Gasteiger partial charge in [0.1, 0.15) is 18.2 Å². The molecule has 2 rings (SSSR count). The van der Waals surface area contributed by atoms with Gasteiger partial charge in [-0.25, -0.2) is 8.78 Å². The van der Waals surface area contributed by atoms with E-state index in [9.17, 15) is 18.4 Å². The first-order valence-electron chi connectivity index (χ1n) is 7.51. The lowest BCUT2D eigenvalue weighted by atomic mass is 10.1. The van der Waals surface area contributed by atoms with E-state index >= 15 is 0 Å². The molecule has 0 heterocycles. The van der Waals surface area contributed by atoms with Gasteiger partial charge in [0.15, 0.2) is 0 Å². The normalized spacial score (nSPS) is 10.3. The topological polar surface area (TPSA) is 49.4 Å². The molecule has 0 aromatic heterocycles. The average molecular weight is 332 g/mol. The molecule has 126 valence electrons. The smallest absolute Gasteiger partial charge is 0.240 e. The number of hydrogen-bond acceptors (Lipinski definition) is 2. The molecule has 0 aliphatic rings. The lowest BCUT2D eigenvalue weighted by molar-refractivity contribution is -0.123. The minimum atomic E-state index is -0.420. The fourth-order valence-corrected chi connectivity index (χ4v) is 2.24. The maximum atomic E-state index is 13.5. The van der Waals surface area contributed by atoms with Gasteiger partial charge in [-0.3, -0.25) is 9.59 Å². The Morgan fingerprint density at radius 1 is 1.04 bits per heavy atom. The number of carbonyl (C=O) groups excluding carboxylic acids is 2. The van der Waals surface area contributed by atoms with Crippen LogP contribution in [0.5, 0.6) is 0 Å². The summed E-state index contributed by atoms with van der Waals surface area (Å²) in [5.74, 6) is -1.43. The number of amides is 2. The minimum absolute atomic E-state index is 0.182. The van der Waals surface area contributed by atoms with Crippen LogP contribution in [0.2, 0.25) is 0 Å². The van der Waals surface area contributed by atoms with Crippen LogP contribution in [0.4, 0.5) is 14.5 Å². The van der Waals surface area contributed by atoms with Gasteiger partial charge in [-0.1, -0.05) is 18.2 Å². The Morgan fingerprint density at radius 3 is 2.33 bits per heavy atom. The molecule has 0 aliphatic heterocycles. The zero-order valence-electron chi connectivity index (χ0n) is 13.3. The number of nitrogens with one attached hydrogen (secondary N) is 1. The van der Waals surface area contributed by atoms with Crippen LogP contribution in [-0.2, 0) is 16.0 Å². The molecule has 0 bridgehead atoms. The molecule has 0 fully saturated rings. The number of halogens is 2. The van der Waals surface area contributed by atoms with Crippen molar-refractivity contribution in [3.8, 4) is 0 Å². The van der Waals surface area contributed by atoms with Crippen LogP contribution in [0.25, 0.3) is 0 Å². The lowest BCUT2D eigenvalue weighted by Gasteiger charge is -2.20. The average Bonchev–Trinajstić information content (AvgIpc) is 2.55. The van der Waals surface area contributed by atoms with Gasteiger partial charge in [0, 0.05) is 19.2 Å². The summed E-state index contributed by atoms with van der Waals surface area (Å²) >= 11 is 0. The molecule has 0 radical (unpaired) electrons. The number of anilines is 1. The maximum Gasteiger partial charge on any atom is 0.240 e. The van der Waals surface area contributed by atoms with Crippen LogP contribution < -0.4 is 10.2 Å². The molecular formula is C18H18F2N2O2. The third-order valence-electron chi connectivity index (χ3n) is 3.49. The van der Waals surface area contributed by atoms with Crippen molar-refractivity contribution in [1.29, 1.82) is 0 Å². The fraction of sp³-hybridized carbons (Fsp3) is 0.222. The third kappa shape index (κ3) is 4.87. The molecule has 4 nitrogen and oxygen atoms in total. The summed E-state index contributed by atoms with van der Waals surface area (Å²) in [5.41, 5.74) is 0.952. The van der Waals surface area contributed by atoms with Crippen molar-refractivity contribution in [3.63, 3.8) is 0 Å². The highest BCUT2D eigenvalue weighted by molar-refractivity contribution is 5.97. The first kappa shape index (κ1) is 17.6. The summed E-state index contributed by atoms with van der Waals surface area (Å²) in [6.45, 7) is 1.41. The Kier molecular flexibility index (Phi) is 6.01. The van der Waals surface area contributed by atoms with Crippen molar-refractivity contribution in [3.05, 3.63) is 65.7 Å². The van der Waals surface area contributed by atoms with Crippen LogP contribution in [0.15, 0.2) is 48.5 Å². The monoisotopic (exact) mass is 332 g/mol. The van der Waals surface area contributed by atoms with E-state index in [-0.39, 0.29) is 30.7 Å². The third-order valence-corrected chi connectivity index (χ3v) is 3.49. The quantitative estimate of drug-likeness (QED) is 0.884. The first-order chi connectivity index (χ1) is 11.5. The molecule has 0 aliphatic carbocycles. The number of hydrogen-bond donors (Lipinski definition) is 1. The Balaban J connectivity index is 1.90. The molecule has 2 aromatic rings. The zero-order valence-corrected chi connectivity index (χ0v) is 13.3. The van der Waals surface area contributed by atoms with E-state index in [4.69, 9.17) is 0 Å². The minimum Gasteiger partial charge on any atom is -0.354 e. The predicted octanol–water partition coefficient (Wildman–Crippen LogP) is 2.68. The molecular weight excluding hydrogens is 314 g/mol. The Morgan fingerprint density at radius 2 is 1.71 bits per heavy atom. The van der Waals surface area contributed by atoms with E-state index in [1.54, 1.807) is 18.2 Å². The van der Waals surface area contributed by atoms with Crippen LogP contribution in [0, 0.1) is 11.6 Å². The lowest BCUT2D eigenvalue weighted by Crippen LogP contribution is -2.40. The maximum absolute atomic E-state index is 13.5. The van der Waals surface area contributed by atoms with Gasteiger partial charge < -0.3 is 10.2 Å². The Bertz CT molecular complexity index is 717. The van der Waals surface area contributed by atoms with E-state index in [0.717, 1.165) is 0 Å². The number of nitrogens with zero attached hydrogens (tertiary/aromatic N) is 1. The summed E-state index contributed by atoms with van der Waals surface area (Å²) < 4.78 is 26.4. The van der Waals surface area contributed by atoms with Gasteiger partial charge in [-0.05, 0) is 42.3 Å². The zero-order chi connectivity index (χ0) is 17.5. The number of rotatable bonds is 6. The van der Waals surface area contributed by atoms with E-state index in [1.807, 2.05) is 0 Å².